The number of hydrogen-bond donors (Lipinski definition) is 0. The van der Waals surface area contributed by atoms with Crippen molar-refractivity contribution in [2.24, 2.45) is 0 Å². The fourth-order valence-electron chi connectivity index (χ4n) is 3.32. The van der Waals surface area contributed by atoms with Crippen molar-refractivity contribution in [2.45, 2.75) is 52.9 Å². The number of hydrogen-bond acceptors (Lipinski definition) is 1. The zero-order valence-electron chi connectivity index (χ0n) is 17.3. The van der Waals surface area contributed by atoms with Gasteiger partial charge < -0.3 is 4.90 Å². The first-order valence-corrected chi connectivity index (χ1v) is 10.0. The van der Waals surface area contributed by atoms with Gasteiger partial charge in [-0.25, -0.2) is 0 Å². The molecule has 1 heteroatoms. The van der Waals surface area contributed by atoms with Crippen LogP contribution in [0.5, 0.6) is 0 Å². The molecule has 0 saturated heterocycles. The van der Waals surface area contributed by atoms with E-state index in [0.29, 0.717) is 0 Å². The molecule has 0 heterocycles. The van der Waals surface area contributed by atoms with E-state index in [2.05, 4.69) is 112 Å². The van der Waals surface area contributed by atoms with Crippen LogP contribution in [0.4, 0.5) is 17.1 Å². The molecule has 0 unspecified atom stereocenters. The van der Waals surface area contributed by atoms with E-state index in [0.717, 1.165) is 12.8 Å². The van der Waals surface area contributed by atoms with Crippen LogP contribution in [0.2, 0.25) is 0 Å². The fraction of sp³-hybridized carbons (Fsp3) is 0.308. The van der Waals surface area contributed by atoms with Crippen LogP contribution in [0.25, 0.3) is 0 Å². The highest BCUT2D eigenvalue weighted by Crippen LogP contribution is 2.36. The van der Waals surface area contributed by atoms with Crippen molar-refractivity contribution in [3.8, 4) is 0 Å². The van der Waals surface area contributed by atoms with E-state index in [1.807, 2.05) is 0 Å². The smallest absolute Gasteiger partial charge is 0.0461 e. The Kier molecular flexibility index (Phi) is 5.70. The zero-order valence-corrected chi connectivity index (χ0v) is 17.3. The first kappa shape index (κ1) is 19.2. The Morgan fingerprint density at radius 3 is 1.19 bits per heavy atom. The van der Waals surface area contributed by atoms with Gasteiger partial charge in [-0.05, 0) is 71.3 Å². The van der Waals surface area contributed by atoms with Crippen molar-refractivity contribution in [2.75, 3.05) is 4.90 Å². The molecular formula is C26H31N. The molecule has 140 valence electrons. The summed E-state index contributed by atoms with van der Waals surface area (Å²) in [6, 6.07) is 26.8. The third-order valence-corrected chi connectivity index (χ3v) is 5.20. The Bertz CT molecular complexity index is 803. The number of anilines is 3. The summed E-state index contributed by atoms with van der Waals surface area (Å²) in [6.45, 7) is 11.2. The highest BCUT2D eigenvalue weighted by molar-refractivity contribution is 5.76. The van der Waals surface area contributed by atoms with Crippen molar-refractivity contribution in [1.29, 1.82) is 0 Å². The van der Waals surface area contributed by atoms with Gasteiger partial charge >= 0.3 is 0 Å². The first-order valence-electron chi connectivity index (χ1n) is 10.0. The molecule has 3 rings (SSSR count). The minimum atomic E-state index is 0.162. The van der Waals surface area contributed by atoms with E-state index < -0.39 is 0 Å². The van der Waals surface area contributed by atoms with Gasteiger partial charge in [-0.2, -0.15) is 0 Å². The maximum Gasteiger partial charge on any atom is 0.0461 e. The van der Waals surface area contributed by atoms with Crippen LogP contribution in [0, 0.1) is 0 Å². The van der Waals surface area contributed by atoms with Crippen molar-refractivity contribution in [3.63, 3.8) is 0 Å². The maximum atomic E-state index is 2.34. The molecule has 0 aliphatic rings. The lowest BCUT2D eigenvalue weighted by Crippen LogP contribution is -2.13. The quantitative estimate of drug-likeness (QED) is 0.455. The van der Waals surface area contributed by atoms with E-state index in [9.17, 15) is 0 Å². The summed E-state index contributed by atoms with van der Waals surface area (Å²) < 4.78 is 0. The summed E-state index contributed by atoms with van der Waals surface area (Å²) in [6.07, 6.45) is 2.12. The second-order valence-corrected chi connectivity index (χ2v) is 8.17. The van der Waals surface area contributed by atoms with Crippen LogP contribution >= 0.6 is 0 Å². The Morgan fingerprint density at radius 2 is 0.889 bits per heavy atom. The summed E-state index contributed by atoms with van der Waals surface area (Å²) in [5.41, 5.74) is 7.83. The normalized spacial score (nSPS) is 11.4. The summed E-state index contributed by atoms with van der Waals surface area (Å²) >= 11 is 0. The van der Waals surface area contributed by atoms with Crippen molar-refractivity contribution >= 4 is 17.1 Å². The van der Waals surface area contributed by atoms with E-state index in [-0.39, 0.29) is 5.41 Å². The van der Waals surface area contributed by atoms with Gasteiger partial charge in [0.15, 0.2) is 0 Å². The number of rotatable bonds is 5. The lowest BCUT2D eigenvalue weighted by atomic mass is 9.87. The third kappa shape index (κ3) is 4.42. The molecule has 0 aliphatic carbocycles. The second kappa shape index (κ2) is 8.00. The Labute approximate surface area is 164 Å². The largest absolute Gasteiger partial charge is 0.311 e. The molecule has 0 amide bonds. The van der Waals surface area contributed by atoms with Gasteiger partial charge in [0.1, 0.15) is 0 Å². The van der Waals surface area contributed by atoms with Gasteiger partial charge in [-0.1, -0.05) is 71.0 Å². The second-order valence-electron chi connectivity index (χ2n) is 8.17. The molecule has 0 aliphatic heterocycles. The Hall–Kier alpha value is -2.54. The van der Waals surface area contributed by atoms with Crippen LogP contribution < -0.4 is 4.90 Å². The average Bonchev–Trinajstić information content (AvgIpc) is 2.69. The Morgan fingerprint density at radius 1 is 0.556 bits per heavy atom. The summed E-state index contributed by atoms with van der Waals surface area (Å²) in [5.74, 6) is 0. The highest BCUT2D eigenvalue weighted by atomic mass is 15.1. The summed E-state index contributed by atoms with van der Waals surface area (Å²) in [7, 11) is 0. The van der Waals surface area contributed by atoms with E-state index in [1.54, 1.807) is 0 Å². The molecule has 0 atom stereocenters. The van der Waals surface area contributed by atoms with Gasteiger partial charge in [0.25, 0.3) is 0 Å². The van der Waals surface area contributed by atoms with E-state index >= 15 is 0 Å². The van der Waals surface area contributed by atoms with Crippen LogP contribution in [-0.4, -0.2) is 0 Å². The molecular weight excluding hydrogens is 326 g/mol. The third-order valence-electron chi connectivity index (χ3n) is 5.20. The van der Waals surface area contributed by atoms with Gasteiger partial charge in [-0.3, -0.25) is 0 Å². The zero-order chi connectivity index (χ0) is 19.4. The van der Waals surface area contributed by atoms with Crippen molar-refractivity contribution in [3.05, 3.63) is 89.5 Å². The summed E-state index contributed by atoms with van der Waals surface area (Å²) in [5, 5.41) is 0. The van der Waals surface area contributed by atoms with Gasteiger partial charge in [-0.15, -0.1) is 0 Å². The molecule has 1 nitrogen and oxygen atoms in total. The molecule has 3 aromatic carbocycles. The topological polar surface area (TPSA) is 3.24 Å². The molecule has 27 heavy (non-hydrogen) atoms. The standard InChI is InChI=1S/C26H31N/c1-6-20-8-14-23(15-9-20)27(24-16-10-21(7-2)11-17-24)25-18-12-22(13-19-25)26(3,4)5/h8-19H,6-7H2,1-5H3. The molecule has 0 N–H and O–H groups in total. The fourth-order valence-corrected chi connectivity index (χ4v) is 3.32. The molecule has 3 aromatic rings. The maximum absolute atomic E-state index is 2.34. The molecule has 0 radical (unpaired) electrons. The van der Waals surface area contributed by atoms with Gasteiger partial charge in [0.05, 0.1) is 0 Å². The van der Waals surface area contributed by atoms with E-state index in [1.165, 1.54) is 33.8 Å². The van der Waals surface area contributed by atoms with Crippen LogP contribution in [0.15, 0.2) is 72.8 Å². The highest BCUT2D eigenvalue weighted by Gasteiger charge is 2.16. The van der Waals surface area contributed by atoms with E-state index in [4.69, 9.17) is 0 Å². The lowest BCUT2D eigenvalue weighted by Gasteiger charge is -2.27. The number of benzene rings is 3. The predicted molar refractivity (Wildman–Crippen MR) is 119 cm³/mol. The molecule has 0 spiro atoms. The summed E-state index contributed by atoms with van der Waals surface area (Å²) in [4.78, 5) is 2.34. The number of nitrogens with zero attached hydrogens (tertiary/aromatic N) is 1. The van der Waals surface area contributed by atoms with Crippen molar-refractivity contribution in [1.82, 2.24) is 0 Å². The van der Waals surface area contributed by atoms with Gasteiger partial charge in [0.2, 0.25) is 0 Å². The number of aryl methyl sites for hydroxylation is 2. The van der Waals surface area contributed by atoms with Crippen LogP contribution in [0.3, 0.4) is 0 Å². The van der Waals surface area contributed by atoms with Crippen molar-refractivity contribution < 1.29 is 0 Å². The van der Waals surface area contributed by atoms with Gasteiger partial charge in [0, 0.05) is 17.1 Å². The minimum absolute atomic E-state index is 0.162. The predicted octanol–water partition coefficient (Wildman–Crippen LogP) is 7.58. The molecule has 0 fully saturated rings. The lowest BCUT2D eigenvalue weighted by molar-refractivity contribution is 0.590. The minimum Gasteiger partial charge on any atom is -0.311 e. The average molecular weight is 358 g/mol. The first-order chi connectivity index (χ1) is 12.9. The van der Waals surface area contributed by atoms with Crippen LogP contribution in [-0.2, 0) is 18.3 Å². The van der Waals surface area contributed by atoms with Crippen LogP contribution in [0.1, 0.15) is 51.3 Å². The SMILES string of the molecule is CCc1ccc(N(c2ccc(CC)cc2)c2ccc(C(C)(C)C)cc2)cc1. The Balaban J connectivity index is 2.05. The molecule has 0 aromatic heterocycles. The monoisotopic (exact) mass is 357 g/mol. The molecule has 0 bridgehead atoms. The molecule has 0 saturated carbocycles.